The van der Waals surface area contributed by atoms with Gasteiger partial charge in [-0.25, -0.2) is 9.67 Å². The summed E-state index contributed by atoms with van der Waals surface area (Å²) in [4.78, 5) is 21.8. The van der Waals surface area contributed by atoms with E-state index in [0.717, 1.165) is 61.8 Å². The van der Waals surface area contributed by atoms with E-state index in [2.05, 4.69) is 27.3 Å². The third-order valence-electron chi connectivity index (χ3n) is 5.14. The first kappa shape index (κ1) is 18.8. The molecular weight excluding hydrogens is 370 g/mol. The highest BCUT2D eigenvalue weighted by Crippen LogP contribution is 2.16. The summed E-state index contributed by atoms with van der Waals surface area (Å²) in [6, 6.07) is 9.67. The molecule has 1 fully saturated rings. The van der Waals surface area contributed by atoms with Crippen LogP contribution in [0.3, 0.4) is 0 Å². The van der Waals surface area contributed by atoms with Crippen LogP contribution < -0.4 is 0 Å². The van der Waals surface area contributed by atoms with Gasteiger partial charge in [-0.1, -0.05) is 6.92 Å². The molecule has 6 nitrogen and oxygen atoms in total. The molecule has 3 aromatic rings. The molecular formula is C21H25N5OS. The average molecular weight is 396 g/mol. The number of hydrogen-bond acceptors (Lipinski definition) is 5. The predicted octanol–water partition coefficient (Wildman–Crippen LogP) is 3.16. The number of carbonyl (C=O) groups excluding carboxylic acids is 1. The third kappa shape index (κ3) is 4.00. The van der Waals surface area contributed by atoms with Crippen molar-refractivity contribution < 1.29 is 4.79 Å². The van der Waals surface area contributed by atoms with Crippen molar-refractivity contribution in [1.82, 2.24) is 24.6 Å². The van der Waals surface area contributed by atoms with Crippen molar-refractivity contribution >= 4 is 17.2 Å². The highest BCUT2D eigenvalue weighted by Gasteiger charge is 2.22. The van der Waals surface area contributed by atoms with Gasteiger partial charge in [-0.3, -0.25) is 9.69 Å². The Morgan fingerprint density at radius 1 is 1.11 bits per heavy atom. The number of carbonyl (C=O) groups is 1. The number of rotatable bonds is 5. The second-order valence-corrected chi connectivity index (χ2v) is 8.03. The van der Waals surface area contributed by atoms with E-state index in [-0.39, 0.29) is 5.91 Å². The lowest BCUT2D eigenvalue weighted by Gasteiger charge is -2.34. The van der Waals surface area contributed by atoms with Crippen molar-refractivity contribution in [2.45, 2.75) is 26.8 Å². The van der Waals surface area contributed by atoms with Crippen molar-refractivity contribution in [3.8, 4) is 5.69 Å². The van der Waals surface area contributed by atoms with Crippen molar-refractivity contribution in [3.63, 3.8) is 0 Å². The quantitative estimate of drug-likeness (QED) is 0.666. The van der Waals surface area contributed by atoms with Gasteiger partial charge in [0.2, 0.25) is 0 Å². The Balaban J connectivity index is 1.34. The Morgan fingerprint density at radius 3 is 2.46 bits per heavy atom. The topological polar surface area (TPSA) is 54.3 Å². The van der Waals surface area contributed by atoms with E-state index in [1.165, 1.54) is 5.01 Å². The molecule has 0 N–H and O–H groups in total. The minimum Gasteiger partial charge on any atom is -0.336 e. The van der Waals surface area contributed by atoms with Gasteiger partial charge in [0, 0.05) is 55.6 Å². The van der Waals surface area contributed by atoms with Crippen LogP contribution >= 0.6 is 11.3 Å². The average Bonchev–Trinajstić information content (AvgIpc) is 3.37. The van der Waals surface area contributed by atoms with Gasteiger partial charge in [0.05, 0.1) is 16.4 Å². The van der Waals surface area contributed by atoms with Gasteiger partial charge >= 0.3 is 0 Å². The number of piperazine rings is 1. The van der Waals surface area contributed by atoms with Crippen LogP contribution in [0.15, 0.2) is 41.9 Å². The second kappa shape index (κ2) is 8.24. The molecule has 4 rings (SSSR count). The second-order valence-electron chi connectivity index (χ2n) is 7.09. The van der Waals surface area contributed by atoms with Crippen molar-refractivity contribution in [3.05, 3.63) is 63.9 Å². The summed E-state index contributed by atoms with van der Waals surface area (Å²) in [5.41, 5.74) is 3.92. The lowest BCUT2D eigenvalue weighted by atomic mass is 10.1. The van der Waals surface area contributed by atoms with Crippen molar-refractivity contribution in [2.24, 2.45) is 0 Å². The number of nitrogens with zero attached hydrogens (tertiary/aromatic N) is 5. The van der Waals surface area contributed by atoms with E-state index >= 15 is 0 Å². The van der Waals surface area contributed by atoms with Crippen LogP contribution in [0.4, 0.5) is 0 Å². The maximum absolute atomic E-state index is 12.8. The molecule has 28 heavy (non-hydrogen) atoms. The van der Waals surface area contributed by atoms with Crippen LogP contribution in [0.2, 0.25) is 0 Å². The number of thiazole rings is 1. The van der Waals surface area contributed by atoms with Gasteiger partial charge in [-0.2, -0.15) is 5.10 Å². The summed E-state index contributed by atoms with van der Waals surface area (Å²) in [7, 11) is 0. The number of hydrogen-bond donors (Lipinski definition) is 0. The summed E-state index contributed by atoms with van der Waals surface area (Å²) < 4.78 is 1.87. The van der Waals surface area contributed by atoms with E-state index in [1.807, 2.05) is 46.8 Å². The van der Waals surface area contributed by atoms with Crippen LogP contribution in [-0.4, -0.2) is 56.7 Å². The molecule has 0 spiro atoms. The molecule has 1 aliphatic heterocycles. The fourth-order valence-electron chi connectivity index (χ4n) is 3.49. The summed E-state index contributed by atoms with van der Waals surface area (Å²) in [5.74, 6) is 0.102. The first-order chi connectivity index (χ1) is 13.6. The Labute approximate surface area is 169 Å². The standard InChI is InChI=1S/C21H25N5OS/c1-3-20-23-18(15-28-20)14-24-10-12-25(13-11-24)21(27)17-4-6-19(7-5-17)26-16(2)8-9-22-26/h4-9,15H,3,10-14H2,1-2H3. The van der Waals surface area contributed by atoms with Crippen molar-refractivity contribution in [1.29, 1.82) is 0 Å². The minimum atomic E-state index is 0.102. The molecule has 0 aliphatic carbocycles. The summed E-state index contributed by atoms with van der Waals surface area (Å²) >= 11 is 1.73. The normalized spacial score (nSPS) is 15.1. The van der Waals surface area contributed by atoms with Crippen LogP contribution in [0.5, 0.6) is 0 Å². The summed E-state index contributed by atoms with van der Waals surface area (Å²) in [5, 5.41) is 7.66. The zero-order chi connectivity index (χ0) is 19.5. The lowest BCUT2D eigenvalue weighted by molar-refractivity contribution is 0.0627. The first-order valence-electron chi connectivity index (χ1n) is 9.70. The molecule has 1 saturated heterocycles. The highest BCUT2D eigenvalue weighted by molar-refractivity contribution is 7.09. The SMILES string of the molecule is CCc1nc(CN2CCN(C(=O)c3ccc(-n4nccc4C)cc3)CC2)cs1. The molecule has 0 atom stereocenters. The number of aryl methyl sites for hydroxylation is 2. The molecule has 0 radical (unpaired) electrons. The fraction of sp³-hybridized carbons (Fsp3) is 0.381. The molecule has 7 heteroatoms. The highest BCUT2D eigenvalue weighted by atomic mass is 32.1. The van der Waals surface area contributed by atoms with Crippen LogP contribution in [0.25, 0.3) is 5.69 Å². The van der Waals surface area contributed by atoms with Gasteiger partial charge in [-0.15, -0.1) is 11.3 Å². The number of amides is 1. The molecule has 146 valence electrons. The first-order valence-corrected chi connectivity index (χ1v) is 10.6. The summed E-state index contributed by atoms with van der Waals surface area (Å²) in [6.45, 7) is 8.30. The van der Waals surface area contributed by atoms with E-state index in [1.54, 1.807) is 17.5 Å². The molecule has 0 unspecified atom stereocenters. The van der Waals surface area contributed by atoms with E-state index in [4.69, 9.17) is 0 Å². The Kier molecular flexibility index (Phi) is 5.54. The van der Waals surface area contributed by atoms with Gasteiger partial charge in [0.15, 0.2) is 0 Å². The fourth-order valence-corrected chi connectivity index (χ4v) is 4.23. The zero-order valence-corrected chi connectivity index (χ0v) is 17.2. The molecule has 1 aliphatic rings. The lowest BCUT2D eigenvalue weighted by Crippen LogP contribution is -2.48. The van der Waals surface area contributed by atoms with Crippen LogP contribution in [0, 0.1) is 6.92 Å². The molecule has 3 heterocycles. The molecule has 2 aromatic heterocycles. The van der Waals surface area contributed by atoms with Gasteiger partial charge < -0.3 is 4.90 Å². The smallest absolute Gasteiger partial charge is 0.253 e. The number of benzene rings is 1. The summed E-state index contributed by atoms with van der Waals surface area (Å²) in [6.07, 6.45) is 2.77. The van der Waals surface area contributed by atoms with Crippen LogP contribution in [0.1, 0.15) is 33.7 Å². The maximum atomic E-state index is 12.8. The molecule has 1 aromatic carbocycles. The largest absolute Gasteiger partial charge is 0.336 e. The maximum Gasteiger partial charge on any atom is 0.253 e. The van der Waals surface area contributed by atoms with E-state index in [9.17, 15) is 4.79 Å². The Hall–Kier alpha value is -2.51. The van der Waals surface area contributed by atoms with Gasteiger partial charge in [-0.05, 0) is 43.7 Å². The van der Waals surface area contributed by atoms with Gasteiger partial charge in [0.1, 0.15) is 0 Å². The molecule has 0 saturated carbocycles. The monoisotopic (exact) mass is 395 g/mol. The number of aromatic nitrogens is 3. The molecule has 0 bridgehead atoms. The van der Waals surface area contributed by atoms with Crippen molar-refractivity contribution in [2.75, 3.05) is 26.2 Å². The Morgan fingerprint density at radius 2 is 1.86 bits per heavy atom. The molecule has 1 amide bonds. The minimum absolute atomic E-state index is 0.102. The third-order valence-corrected chi connectivity index (χ3v) is 6.18. The Bertz CT molecular complexity index is 938. The van der Waals surface area contributed by atoms with Gasteiger partial charge in [0.25, 0.3) is 5.91 Å². The van der Waals surface area contributed by atoms with E-state index in [0.29, 0.717) is 0 Å². The zero-order valence-electron chi connectivity index (χ0n) is 16.3. The predicted molar refractivity (Wildman–Crippen MR) is 111 cm³/mol. The van der Waals surface area contributed by atoms with E-state index < -0.39 is 0 Å². The van der Waals surface area contributed by atoms with Crippen LogP contribution in [-0.2, 0) is 13.0 Å².